The Labute approximate surface area is 150 Å². The first-order valence-corrected chi connectivity index (χ1v) is 8.51. The van der Waals surface area contributed by atoms with E-state index in [1.54, 1.807) is 4.68 Å². The molecule has 0 radical (unpaired) electrons. The van der Waals surface area contributed by atoms with E-state index in [0.29, 0.717) is 18.1 Å². The van der Waals surface area contributed by atoms with Crippen LogP contribution in [0.15, 0.2) is 54.9 Å². The fraction of sp³-hybridized carbons (Fsp3) is 0.211. The van der Waals surface area contributed by atoms with E-state index < -0.39 is 0 Å². The number of aliphatic hydroxyl groups excluding tert-OH is 1. The molecule has 26 heavy (non-hydrogen) atoms. The summed E-state index contributed by atoms with van der Waals surface area (Å²) in [6.45, 7) is 1.93. The highest BCUT2D eigenvalue weighted by Crippen LogP contribution is 2.20. The zero-order chi connectivity index (χ0) is 17.9. The van der Waals surface area contributed by atoms with Gasteiger partial charge in [-0.2, -0.15) is 5.10 Å². The summed E-state index contributed by atoms with van der Waals surface area (Å²) in [7, 11) is 0. The fourth-order valence-electron chi connectivity index (χ4n) is 3.00. The van der Waals surface area contributed by atoms with E-state index in [1.807, 2.05) is 55.7 Å². The minimum Gasteiger partial charge on any atom is -0.394 e. The minimum absolute atomic E-state index is 0.00128. The van der Waals surface area contributed by atoms with Gasteiger partial charge < -0.3 is 15.4 Å². The average molecular weight is 348 g/mol. The van der Waals surface area contributed by atoms with Crippen molar-refractivity contribution in [3.05, 3.63) is 66.1 Å². The van der Waals surface area contributed by atoms with Crippen molar-refractivity contribution in [2.24, 2.45) is 0 Å². The highest BCUT2D eigenvalue weighted by atomic mass is 16.3. The Bertz CT molecular complexity index is 1000. The van der Waals surface area contributed by atoms with Gasteiger partial charge in [-0.3, -0.25) is 0 Å². The van der Waals surface area contributed by atoms with Crippen LogP contribution in [0.1, 0.15) is 11.3 Å². The minimum atomic E-state index is -0.152. The topological polar surface area (TPSA) is 91.7 Å². The number of hydrogen-bond acceptors (Lipinski definition) is 5. The number of aliphatic hydroxyl groups is 1. The van der Waals surface area contributed by atoms with Crippen molar-refractivity contribution in [1.29, 1.82) is 0 Å². The van der Waals surface area contributed by atoms with Crippen LogP contribution in [0.25, 0.3) is 16.7 Å². The number of aromatic amines is 1. The van der Waals surface area contributed by atoms with Crippen LogP contribution in [0.4, 0.5) is 5.82 Å². The lowest BCUT2D eigenvalue weighted by Crippen LogP contribution is -2.27. The van der Waals surface area contributed by atoms with Gasteiger partial charge in [0.2, 0.25) is 0 Å². The molecule has 1 atom stereocenters. The first-order valence-electron chi connectivity index (χ1n) is 8.51. The van der Waals surface area contributed by atoms with Gasteiger partial charge >= 0.3 is 0 Å². The number of fused-ring (bicyclic) bond motifs is 1. The first kappa shape index (κ1) is 16.3. The number of aryl methyl sites for hydroxylation is 1. The van der Waals surface area contributed by atoms with Gasteiger partial charge in [-0.15, -0.1) is 10.2 Å². The smallest absolute Gasteiger partial charge is 0.175 e. The molecule has 0 unspecified atom stereocenters. The number of H-pyrrole nitrogens is 1. The number of anilines is 1. The van der Waals surface area contributed by atoms with E-state index in [-0.39, 0.29) is 12.6 Å². The zero-order valence-corrected chi connectivity index (χ0v) is 14.4. The molecule has 3 aromatic heterocycles. The summed E-state index contributed by atoms with van der Waals surface area (Å²) in [4.78, 5) is 3.26. The van der Waals surface area contributed by atoms with Gasteiger partial charge in [0.25, 0.3) is 0 Å². The van der Waals surface area contributed by atoms with E-state index in [1.165, 1.54) is 5.39 Å². The molecule has 0 aliphatic heterocycles. The molecule has 3 heterocycles. The Morgan fingerprint density at radius 1 is 1.15 bits per heavy atom. The van der Waals surface area contributed by atoms with Gasteiger partial charge in [-0.05, 0) is 43.2 Å². The molecule has 0 aliphatic rings. The van der Waals surface area contributed by atoms with Crippen LogP contribution in [0.2, 0.25) is 0 Å². The summed E-state index contributed by atoms with van der Waals surface area (Å²) >= 11 is 0. The second-order valence-electron chi connectivity index (χ2n) is 6.27. The van der Waals surface area contributed by atoms with Gasteiger partial charge in [0.15, 0.2) is 5.82 Å². The molecule has 4 rings (SSSR count). The Kier molecular flexibility index (Phi) is 4.37. The average Bonchev–Trinajstić information content (AvgIpc) is 3.28. The largest absolute Gasteiger partial charge is 0.394 e. The van der Waals surface area contributed by atoms with E-state index in [9.17, 15) is 5.11 Å². The van der Waals surface area contributed by atoms with Crippen LogP contribution in [0, 0.1) is 6.92 Å². The molecule has 0 bridgehead atoms. The number of nitrogens with zero attached hydrogens (tertiary/aromatic N) is 4. The molecule has 4 aromatic rings. The van der Waals surface area contributed by atoms with Crippen LogP contribution < -0.4 is 5.32 Å². The molecule has 0 aliphatic carbocycles. The zero-order valence-electron chi connectivity index (χ0n) is 14.4. The second-order valence-corrected chi connectivity index (χ2v) is 6.27. The van der Waals surface area contributed by atoms with Crippen molar-refractivity contribution < 1.29 is 5.11 Å². The molecule has 132 valence electrons. The second kappa shape index (κ2) is 6.97. The number of aromatic nitrogens is 5. The summed E-state index contributed by atoms with van der Waals surface area (Å²) in [5.41, 5.74) is 3.18. The maximum absolute atomic E-state index is 9.76. The van der Waals surface area contributed by atoms with Gasteiger partial charge in [-0.25, -0.2) is 4.68 Å². The molecule has 0 fully saturated rings. The molecule has 1 aromatic carbocycles. The lowest BCUT2D eigenvalue weighted by atomic mass is 10.1. The Balaban J connectivity index is 1.48. The van der Waals surface area contributed by atoms with E-state index >= 15 is 0 Å². The molecular formula is C19H20N6O. The van der Waals surface area contributed by atoms with Crippen molar-refractivity contribution in [2.75, 3.05) is 11.9 Å². The maximum Gasteiger partial charge on any atom is 0.175 e. The summed E-state index contributed by atoms with van der Waals surface area (Å²) < 4.78 is 1.68. The van der Waals surface area contributed by atoms with Gasteiger partial charge in [-0.1, -0.05) is 18.2 Å². The highest BCUT2D eigenvalue weighted by Gasteiger charge is 2.13. The van der Waals surface area contributed by atoms with Crippen molar-refractivity contribution in [2.45, 2.75) is 19.4 Å². The number of para-hydroxylation sites is 1. The normalized spacial score (nSPS) is 12.4. The summed E-state index contributed by atoms with van der Waals surface area (Å²) in [6.07, 6.45) is 4.52. The molecule has 0 spiro atoms. The molecular weight excluding hydrogens is 328 g/mol. The van der Waals surface area contributed by atoms with Crippen LogP contribution in [0.5, 0.6) is 0 Å². The third-order valence-corrected chi connectivity index (χ3v) is 4.32. The molecule has 3 N–H and O–H groups in total. The predicted octanol–water partition coefficient (Wildman–Crippen LogP) is 2.47. The lowest BCUT2D eigenvalue weighted by Gasteiger charge is -2.16. The number of rotatable bonds is 6. The number of nitrogens with one attached hydrogen (secondary N) is 2. The summed E-state index contributed by atoms with van der Waals surface area (Å²) in [5.74, 6) is 1.28. The third kappa shape index (κ3) is 3.29. The third-order valence-electron chi connectivity index (χ3n) is 4.32. The standard InChI is InChI=1S/C19H20N6O/c1-13-8-9-25(24-13)19-7-6-18(22-23-19)21-15(12-26)10-14-11-20-17-5-3-2-4-16(14)17/h2-9,11,15,20,26H,10,12H2,1H3,(H,21,22)/t15-/m1/s1. The Morgan fingerprint density at radius 2 is 2.04 bits per heavy atom. The van der Waals surface area contributed by atoms with E-state index in [2.05, 4.69) is 31.7 Å². The van der Waals surface area contributed by atoms with Crippen LogP contribution in [0.3, 0.4) is 0 Å². The molecule has 7 heteroatoms. The van der Waals surface area contributed by atoms with Crippen molar-refractivity contribution >= 4 is 16.7 Å². The van der Waals surface area contributed by atoms with E-state index in [0.717, 1.165) is 16.8 Å². The van der Waals surface area contributed by atoms with Crippen molar-refractivity contribution in [3.63, 3.8) is 0 Å². The Hall–Kier alpha value is -3.19. The lowest BCUT2D eigenvalue weighted by molar-refractivity contribution is 0.273. The maximum atomic E-state index is 9.76. The van der Waals surface area contributed by atoms with Gasteiger partial charge in [0.05, 0.1) is 18.3 Å². The SMILES string of the molecule is Cc1ccn(-c2ccc(N[C@@H](CO)Cc3c[nH]c4ccccc34)nn2)n1. The van der Waals surface area contributed by atoms with Gasteiger partial charge in [0, 0.05) is 23.3 Å². The molecule has 0 saturated heterocycles. The van der Waals surface area contributed by atoms with Crippen molar-refractivity contribution in [1.82, 2.24) is 25.0 Å². The molecule has 0 saturated carbocycles. The van der Waals surface area contributed by atoms with E-state index in [4.69, 9.17) is 0 Å². The number of hydrogen-bond donors (Lipinski definition) is 3. The van der Waals surface area contributed by atoms with Crippen LogP contribution >= 0.6 is 0 Å². The summed E-state index contributed by atoms with van der Waals surface area (Å²) in [5, 5.41) is 26.9. The highest BCUT2D eigenvalue weighted by molar-refractivity contribution is 5.83. The monoisotopic (exact) mass is 348 g/mol. The fourth-order valence-corrected chi connectivity index (χ4v) is 3.00. The Morgan fingerprint density at radius 3 is 2.77 bits per heavy atom. The molecule has 7 nitrogen and oxygen atoms in total. The summed E-state index contributed by atoms with van der Waals surface area (Å²) in [6, 6.07) is 13.6. The van der Waals surface area contributed by atoms with Gasteiger partial charge in [0.1, 0.15) is 5.82 Å². The van der Waals surface area contributed by atoms with Crippen LogP contribution in [-0.4, -0.2) is 42.7 Å². The van der Waals surface area contributed by atoms with Crippen LogP contribution in [-0.2, 0) is 6.42 Å². The first-order chi connectivity index (χ1) is 12.7. The number of benzene rings is 1. The van der Waals surface area contributed by atoms with Crippen molar-refractivity contribution in [3.8, 4) is 5.82 Å². The quantitative estimate of drug-likeness (QED) is 0.498. The molecule has 0 amide bonds. The predicted molar refractivity (Wildman–Crippen MR) is 100 cm³/mol.